The van der Waals surface area contributed by atoms with E-state index >= 15 is 0 Å². The molecule has 3 aliphatic heterocycles. The minimum atomic E-state index is -0.642. The number of pyridine rings is 2. The van der Waals surface area contributed by atoms with Gasteiger partial charge in [0.1, 0.15) is 10.5 Å². The third-order valence-corrected chi connectivity index (χ3v) is 11.3. The highest BCUT2D eigenvalue weighted by Crippen LogP contribution is 2.43. The van der Waals surface area contributed by atoms with Gasteiger partial charge < -0.3 is 25.4 Å². The number of carbonyl (C=O) groups excluding carboxylic acids is 2. The van der Waals surface area contributed by atoms with Gasteiger partial charge in [0.05, 0.1) is 57.8 Å². The lowest BCUT2D eigenvalue weighted by Gasteiger charge is -2.48. The number of aliphatic hydroxyl groups is 1. The molecule has 0 aliphatic carbocycles. The number of ether oxygens (including phenoxy) is 1. The van der Waals surface area contributed by atoms with Crippen LogP contribution in [0.5, 0.6) is 5.88 Å². The first-order valence-corrected chi connectivity index (χ1v) is 17.9. The Balaban J connectivity index is 1.03. The van der Waals surface area contributed by atoms with Crippen LogP contribution in [0, 0.1) is 0 Å². The maximum absolute atomic E-state index is 12.2. The third-order valence-electron chi connectivity index (χ3n) is 9.50. The van der Waals surface area contributed by atoms with Gasteiger partial charge in [-0.25, -0.2) is 15.0 Å². The van der Waals surface area contributed by atoms with Gasteiger partial charge in [0.15, 0.2) is 5.82 Å². The van der Waals surface area contributed by atoms with E-state index in [9.17, 15) is 14.7 Å². The number of nitrogens with zero attached hydrogens (tertiary/aromatic N) is 5. The Kier molecular flexibility index (Phi) is 8.60. The van der Waals surface area contributed by atoms with Crippen LogP contribution in [0.1, 0.15) is 29.8 Å². The smallest absolute Gasteiger partial charge is 0.225 e. The van der Waals surface area contributed by atoms with Crippen molar-refractivity contribution in [2.45, 2.75) is 44.0 Å². The molecule has 14 heteroatoms. The molecule has 3 aromatic heterocycles. The fourth-order valence-electron chi connectivity index (χ4n) is 7.12. The molecule has 3 N–H and O–H groups in total. The second kappa shape index (κ2) is 13.1. The number of hydrogen-bond donors (Lipinski definition) is 3. The van der Waals surface area contributed by atoms with E-state index in [1.807, 2.05) is 54.6 Å². The topological polar surface area (TPSA) is 133 Å². The van der Waals surface area contributed by atoms with Crippen molar-refractivity contribution in [2.24, 2.45) is 0 Å². The summed E-state index contributed by atoms with van der Waals surface area (Å²) in [6, 6.07) is 17.3. The van der Waals surface area contributed by atoms with Crippen molar-refractivity contribution < 1.29 is 19.4 Å². The summed E-state index contributed by atoms with van der Waals surface area (Å²) in [5, 5.41) is 18.1. The lowest BCUT2D eigenvalue weighted by atomic mass is 9.88. The number of aliphatic hydroxyl groups excluding tert-OH is 1. The molecule has 2 aromatic carbocycles. The fraction of sp³-hybridized carbons (Fsp3) is 0.306. The largest absolute Gasteiger partial charge is 0.481 e. The zero-order chi connectivity index (χ0) is 34.6. The Morgan fingerprint density at radius 2 is 1.80 bits per heavy atom. The monoisotopic (exact) mass is 729 g/mol. The molecule has 50 heavy (non-hydrogen) atoms. The summed E-state index contributed by atoms with van der Waals surface area (Å²) in [5.74, 6) is 1.12. The number of amides is 2. The number of benzene rings is 2. The number of β-amino-alcohol motifs (C(OH)–C–C–N with tert-alkyl or cyclic N) is 1. The van der Waals surface area contributed by atoms with Gasteiger partial charge in [-0.3, -0.25) is 14.5 Å². The van der Waals surface area contributed by atoms with Crippen molar-refractivity contribution in [1.82, 2.24) is 30.1 Å². The number of aromatic nitrogens is 3. The van der Waals surface area contributed by atoms with Crippen LogP contribution < -0.4 is 15.4 Å². The van der Waals surface area contributed by atoms with E-state index in [2.05, 4.69) is 20.5 Å². The standard InChI is InChI=1S/C36H33Cl2N7O4S/c1-49-35-20(15-44-18-36(19-44)12-10-28(47)43-36)8-9-25(41-35)24-6-2-4-22(31(24)37)23-5-3-7-26(32(23)38)40-34-33-27(11-13-39-34)50-29(42-33)17-45-16-21(46)14-30(45)48/h2-9,11,13,21,46H,10,12,14-19H2,1H3,(H,39,40)(H,43,47). The number of methoxy groups -OCH3 is 1. The van der Waals surface area contributed by atoms with Crippen LogP contribution in [0.25, 0.3) is 32.6 Å². The van der Waals surface area contributed by atoms with E-state index in [0.717, 1.165) is 51.5 Å². The van der Waals surface area contributed by atoms with Crippen molar-refractivity contribution in [3.63, 3.8) is 0 Å². The Bertz CT molecular complexity index is 2150. The molecule has 256 valence electrons. The Hall–Kier alpha value is -4.33. The maximum atomic E-state index is 12.2. The molecule has 3 saturated heterocycles. The SMILES string of the molecule is COc1nc(-c2cccc(-c3cccc(Nc4nccc5sc(CN6CC(O)CC6=O)nc45)c3Cl)c2Cl)ccc1CN1CC2(CCC(=O)N2)C1. The quantitative estimate of drug-likeness (QED) is 0.166. The van der Waals surface area contributed by atoms with Crippen molar-refractivity contribution in [3.05, 3.63) is 81.4 Å². The van der Waals surface area contributed by atoms with E-state index < -0.39 is 6.10 Å². The van der Waals surface area contributed by atoms with Gasteiger partial charge in [-0.1, -0.05) is 59.6 Å². The molecule has 5 aromatic rings. The summed E-state index contributed by atoms with van der Waals surface area (Å²) in [6.45, 7) is 2.94. The van der Waals surface area contributed by atoms with Gasteiger partial charge in [0.2, 0.25) is 17.7 Å². The van der Waals surface area contributed by atoms with Gasteiger partial charge >= 0.3 is 0 Å². The summed E-state index contributed by atoms with van der Waals surface area (Å²) in [7, 11) is 1.61. The van der Waals surface area contributed by atoms with Crippen molar-refractivity contribution in [3.8, 4) is 28.3 Å². The van der Waals surface area contributed by atoms with Gasteiger partial charge in [-0.05, 0) is 24.6 Å². The predicted octanol–water partition coefficient (Wildman–Crippen LogP) is 6.04. The van der Waals surface area contributed by atoms with E-state index in [1.54, 1.807) is 18.2 Å². The minimum absolute atomic E-state index is 0.0797. The molecule has 0 radical (unpaired) electrons. The zero-order valence-corrected chi connectivity index (χ0v) is 29.4. The summed E-state index contributed by atoms with van der Waals surface area (Å²) in [4.78, 5) is 42.1. The van der Waals surface area contributed by atoms with Crippen LogP contribution in [0.15, 0.2) is 60.8 Å². The lowest BCUT2D eigenvalue weighted by molar-refractivity contribution is -0.128. The molecule has 8 rings (SSSR count). The molecule has 1 atom stereocenters. The molecule has 3 fully saturated rings. The molecular formula is C36H33Cl2N7O4S. The van der Waals surface area contributed by atoms with Crippen LogP contribution in [0.2, 0.25) is 10.0 Å². The second-order valence-corrected chi connectivity index (χ2v) is 14.9. The number of rotatable bonds is 9. The zero-order valence-electron chi connectivity index (χ0n) is 27.1. The molecule has 0 bridgehead atoms. The normalized spacial score (nSPS) is 18.6. The number of hydrogen-bond acceptors (Lipinski definition) is 10. The molecular weight excluding hydrogens is 697 g/mol. The van der Waals surface area contributed by atoms with Gasteiger partial charge in [0, 0.05) is 61.1 Å². The van der Waals surface area contributed by atoms with Gasteiger partial charge in [0.25, 0.3) is 0 Å². The molecule has 1 unspecified atom stereocenters. The third kappa shape index (κ3) is 6.15. The molecule has 1 spiro atoms. The number of halogens is 2. The predicted molar refractivity (Wildman–Crippen MR) is 194 cm³/mol. The van der Waals surface area contributed by atoms with E-state index in [-0.39, 0.29) is 23.8 Å². The highest BCUT2D eigenvalue weighted by atomic mass is 35.5. The second-order valence-electron chi connectivity index (χ2n) is 13.0. The molecule has 11 nitrogen and oxygen atoms in total. The highest BCUT2D eigenvalue weighted by molar-refractivity contribution is 7.18. The van der Waals surface area contributed by atoms with E-state index in [0.29, 0.717) is 64.7 Å². The summed E-state index contributed by atoms with van der Waals surface area (Å²) in [5.41, 5.74) is 5.06. The Morgan fingerprint density at radius 1 is 1.02 bits per heavy atom. The summed E-state index contributed by atoms with van der Waals surface area (Å²) < 4.78 is 6.63. The summed E-state index contributed by atoms with van der Waals surface area (Å²) in [6.07, 6.45) is 2.68. The van der Waals surface area contributed by atoms with E-state index in [4.69, 9.17) is 37.9 Å². The number of carbonyl (C=O) groups is 2. The number of thiazole rings is 1. The average Bonchev–Trinajstić information content (AvgIpc) is 3.78. The van der Waals surface area contributed by atoms with Crippen LogP contribution >= 0.6 is 34.5 Å². The number of anilines is 2. The fourth-order valence-corrected chi connectivity index (χ4v) is 8.70. The maximum Gasteiger partial charge on any atom is 0.225 e. The Morgan fingerprint density at radius 3 is 2.54 bits per heavy atom. The number of fused-ring (bicyclic) bond motifs is 1. The van der Waals surface area contributed by atoms with Crippen LogP contribution in [-0.4, -0.2) is 80.1 Å². The van der Waals surface area contributed by atoms with E-state index in [1.165, 1.54) is 11.3 Å². The van der Waals surface area contributed by atoms with Crippen molar-refractivity contribution in [1.29, 1.82) is 0 Å². The van der Waals surface area contributed by atoms with Crippen LogP contribution in [-0.2, 0) is 22.7 Å². The number of likely N-dealkylation sites (tertiary alicyclic amines) is 2. The molecule has 6 heterocycles. The van der Waals surface area contributed by atoms with Crippen LogP contribution in [0.4, 0.5) is 11.5 Å². The van der Waals surface area contributed by atoms with Crippen LogP contribution in [0.3, 0.4) is 0 Å². The summed E-state index contributed by atoms with van der Waals surface area (Å²) >= 11 is 15.6. The van der Waals surface area contributed by atoms with Crippen molar-refractivity contribution in [2.75, 3.05) is 32.1 Å². The Labute approximate surface area is 302 Å². The first-order chi connectivity index (χ1) is 24.2. The first-order valence-electron chi connectivity index (χ1n) is 16.3. The van der Waals surface area contributed by atoms with Gasteiger partial charge in [-0.15, -0.1) is 11.3 Å². The van der Waals surface area contributed by atoms with Gasteiger partial charge in [-0.2, -0.15) is 0 Å². The average molecular weight is 731 g/mol. The lowest BCUT2D eigenvalue weighted by Crippen LogP contribution is -2.66. The molecule has 0 saturated carbocycles. The first kappa shape index (κ1) is 32.9. The highest BCUT2D eigenvalue weighted by Gasteiger charge is 2.47. The molecule has 2 amide bonds. The van der Waals surface area contributed by atoms with Crippen molar-refractivity contribution >= 4 is 68.1 Å². The minimum Gasteiger partial charge on any atom is -0.481 e. The molecule has 3 aliphatic rings. The number of nitrogens with one attached hydrogen (secondary N) is 2.